The number of sulfonamides is 1. The molecule has 0 radical (unpaired) electrons. The van der Waals surface area contributed by atoms with Crippen molar-refractivity contribution in [3.8, 4) is 17.0 Å². The Kier molecular flexibility index (Phi) is 11.5. The van der Waals surface area contributed by atoms with Crippen LogP contribution in [0.1, 0.15) is 88.4 Å². The summed E-state index contributed by atoms with van der Waals surface area (Å²) < 4.78 is 38.9. The van der Waals surface area contributed by atoms with E-state index in [1.807, 2.05) is 12.2 Å². The third kappa shape index (κ3) is 8.87. The van der Waals surface area contributed by atoms with Gasteiger partial charge in [0, 0.05) is 54.2 Å². The van der Waals surface area contributed by atoms with Gasteiger partial charge in [-0.25, -0.2) is 13.4 Å². The van der Waals surface area contributed by atoms with E-state index in [1.54, 1.807) is 49.3 Å². The molecular formula is C40H50ClN5O9S2. The van der Waals surface area contributed by atoms with E-state index >= 15 is 0 Å². The quantitative estimate of drug-likeness (QED) is 0.279. The van der Waals surface area contributed by atoms with Crippen LogP contribution in [0.4, 0.5) is 0 Å². The first kappa shape index (κ1) is 41.2. The average Bonchev–Trinajstić information content (AvgIpc) is 3.96. The van der Waals surface area contributed by atoms with Gasteiger partial charge in [0.15, 0.2) is 5.01 Å². The lowest BCUT2D eigenvalue weighted by atomic mass is 9.92. The molecule has 2 aliphatic carbocycles. The molecule has 308 valence electrons. The number of amides is 4. The molecule has 4 fully saturated rings. The number of esters is 1. The van der Waals surface area contributed by atoms with Crippen LogP contribution in [0, 0.1) is 23.7 Å². The third-order valence-corrected chi connectivity index (χ3v) is 14.5. The predicted octanol–water partition coefficient (Wildman–Crippen LogP) is 4.72. The van der Waals surface area contributed by atoms with Crippen LogP contribution in [0.5, 0.6) is 5.75 Å². The van der Waals surface area contributed by atoms with Crippen LogP contribution in [0.15, 0.2) is 35.7 Å². The number of aromatic nitrogens is 1. The number of carbonyl (C=O) groups is 5. The highest BCUT2D eigenvalue weighted by Gasteiger charge is 2.63. The molecule has 5 aliphatic rings. The summed E-state index contributed by atoms with van der Waals surface area (Å²) in [7, 11) is -2.39. The number of hydrogen-bond acceptors (Lipinski definition) is 11. The number of benzene rings is 1. The first-order valence-electron chi connectivity index (χ1n) is 19.7. The molecule has 0 bridgehead atoms. The van der Waals surface area contributed by atoms with Crippen LogP contribution in [-0.2, 0) is 33.9 Å². The normalized spacial score (nSPS) is 28.5. The smallest absolute Gasteiger partial charge is 0.307 e. The molecule has 57 heavy (non-hydrogen) atoms. The first-order chi connectivity index (χ1) is 27.0. The van der Waals surface area contributed by atoms with Gasteiger partial charge in [0.25, 0.3) is 11.8 Å². The Bertz CT molecular complexity index is 2080. The minimum atomic E-state index is -3.91. The standard InChI is InChI=1S/C40H50ClN5O9S2/c1-39(2,3)55-32(47)17-24-10-8-6-5-7-9-11-26-18-40(26,38(51)44-57(52,53)27-13-14-27)43-34(48)33-28-21-45(19-25(28)20-46(33)36(24)49)37(50)35-42-30(22-56-35)23-12-15-31(54-4)29(41)16-23/h9,11-12,15-16,22,24-28,33H,5-8,10,13-14,17-21H2,1-4H3,(H,43,48)(H,44,51)/b11-9-/t24-,25+,26-,28+,33+,40-/m1/s1. The van der Waals surface area contributed by atoms with Crippen molar-refractivity contribution in [1.82, 2.24) is 24.8 Å². The van der Waals surface area contributed by atoms with Gasteiger partial charge in [-0.15, -0.1) is 11.3 Å². The van der Waals surface area contributed by atoms with Gasteiger partial charge in [-0.2, -0.15) is 0 Å². The van der Waals surface area contributed by atoms with Crippen molar-refractivity contribution in [2.24, 2.45) is 23.7 Å². The molecule has 4 heterocycles. The van der Waals surface area contributed by atoms with Crippen LogP contribution >= 0.6 is 22.9 Å². The molecule has 6 atom stereocenters. The lowest BCUT2D eigenvalue weighted by molar-refractivity contribution is -0.159. The topological polar surface area (TPSA) is 181 Å². The molecular weight excluding hydrogens is 794 g/mol. The van der Waals surface area contributed by atoms with E-state index in [9.17, 15) is 32.4 Å². The van der Waals surface area contributed by atoms with Crippen molar-refractivity contribution in [2.75, 3.05) is 26.7 Å². The summed E-state index contributed by atoms with van der Waals surface area (Å²) in [5, 5.41) is 4.73. The van der Waals surface area contributed by atoms with Gasteiger partial charge in [-0.3, -0.25) is 28.7 Å². The van der Waals surface area contributed by atoms with Crippen molar-refractivity contribution in [1.29, 1.82) is 0 Å². The van der Waals surface area contributed by atoms with E-state index in [1.165, 1.54) is 23.3 Å². The number of ether oxygens (including phenoxy) is 2. The lowest BCUT2D eigenvalue weighted by Crippen LogP contribution is -2.58. The number of allylic oxidation sites excluding steroid dienone is 1. The number of methoxy groups -OCH3 is 1. The van der Waals surface area contributed by atoms with Crippen LogP contribution in [0.2, 0.25) is 5.02 Å². The number of likely N-dealkylation sites (tertiary alicyclic amines) is 1. The van der Waals surface area contributed by atoms with E-state index in [0.717, 1.165) is 12.8 Å². The molecule has 7 rings (SSSR count). The first-order valence-corrected chi connectivity index (χ1v) is 22.5. The number of hydrogen-bond donors (Lipinski definition) is 2. The summed E-state index contributed by atoms with van der Waals surface area (Å²) in [4.78, 5) is 78.0. The van der Waals surface area contributed by atoms with Gasteiger partial charge in [-0.05, 0) is 77.5 Å². The van der Waals surface area contributed by atoms with Crippen molar-refractivity contribution < 1.29 is 41.9 Å². The van der Waals surface area contributed by atoms with E-state index in [-0.39, 0.29) is 55.2 Å². The molecule has 2 saturated carbocycles. The Balaban J connectivity index is 1.16. The van der Waals surface area contributed by atoms with E-state index in [0.29, 0.717) is 54.1 Å². The van der Waals surface area contributed by atoms with Crippen molar-refractivity contribution in [3.63, 3.8) is 0 Å². The molecule has 2 aromatic rings. The second-order valence-electron chi connectivity index (χ2n) is 17.0. The largest absolute Gasteiger partial charge is 0.495 e. The minimum absolute atomic E-state index is 0.143. The van der Waals surface area contributed by atoms with E-state index in [4.69, 9.17) is 21.1 Å². The maximum atomic E-state index is 14.7. The molecule has 1 aromatic carbocycles. The Morgan fingerprint density at radius 1 is 1.09 bits per heavy atom. The Morgan fingerprint density at radius 3 is 2.56 bits per heavy atom. The van der Waals surface area contributed by atoms with Gasteiger partial charge in [0.05, 0.1) is 29.5 Å². The summed E-state index contributed by atoms with van der Waals surface area (Å²) in [6.07, 6.45) is 8.21. The maximum Gasteiger partial charge on any atom is 0.307 e. The molecule has 1 aromatic heterocycles. The van der Waals surface area contributed by atoms with Crippen LogP contribution < -0.4 is 14.8 Å². The average molecular weight is 844 g/mol. The number of thiazole rings is 1. The fraction of sp³-hybridized carbons (Fsp3) is 0.600. The summed E-state index contributed by atoms with van der Waals surface area (Å²) in [6, 6.07) is 4.16. The molecule has 14 nitrogen and oxygen atoms in total. The minimum Gasteiger partial charge on any atom is -0.495 e. The second kappa shape index (κ2) is 16.0. The number of nitrogens with zero attached hydrogens (tertiary/aromatic N) is 3. The van der Waals surface area contributed by atoms with Crippen molar-refractivity contribution >= 4 is 62.6 Å². The van der Waals surface area contributed by atoms with E-state index in [2.05, 4.69) is 15.0 Å². The van der Waals surface area contributed by atoms with Gasteiger partial charge in [0.1, 0.15) is 22.9 Å². The number of carbonyl (C=O) groups excluding carboxylic acids is 5. The number of nitrogens with one attached hydrogen (secondary N) is 2. The summed E-state index contributed by atoms with van der Waals surface area (Å²) in [5.41, 5.74) is -0.985. The number of halogens is 1. The Morgan fingerprint density at radius 2 is 1.86 bits per heavy atom. The molecule has 0 spiro atoms. The molecule has 4 amide bonds. The third-order valence-electron chi connectivity index (χ3n) is 11.6. The monoisotopic (exact) mass is 843 g/mol. The molecule has 0 unspecified atom stereocenters. The summed E-state index contributed by atoms with van der Waals surface area (Å²) in [5.74, 6) is -4.03. The lowest BCUT2D eigenvalue weighted by Gasteiger charge is -2.32. The second-order valence-corrected chi connectivity index (χ2v) is 20.2. The van der Waals surface area contributed by atoms with Crippen LogP contribution in [-0.4, -0.2) is 102 Å². The van der Waals surface area contributed by atoms with Crippen molar-refractivity contribution in [3.05, 3.63) is 45.8 Å². The molecule has 3 aliphatic heterocycles. The molecule has 17 heteroatoms. The van der Waals surface area contributed by atoms with Crippen molar-refractivity contribution in [2.45, 2.75) is 101 Å². The van der Waals surface area contributed by atoms with Gasteiger partial charge < -0.3 is 24.6 Å². The highest BCUT2D eigenvalue weighted by molar-refractivity contribution is 7.91. The highest BCUT2D eigenvalue weighted by Crippen LogP contribution is 2.47. The summed E-state index contributed by atoms with van der Waals surface area (Å²) in [6.45, 7) is 5.85. The fourth-order valence-corrected chi connectivity index (χ4v) is 10.8. The zero-order valence-corrected chi connectivity index (χ0v) is 35.0. The molecule has 2 N–H and O–H groups in total. The Hall–Kier alpha value is -4.02. The van der Waals surface area contributed by atoms with Gasteiger partial charge in [-0.1, -0.05) is 36.6 Å². The highest BCUT2D eigenvalue weighted by atomic mass is 35.5. The van der Waals surface area contributed by atoms with Crippen LogP contribution in [0.25, 0.3) is 11.3 Å². The zero-order chi connectivity index (χ0) is 40.9. The Labute approximate surface area is 342 Å². The zero-order valence-electron chi connectivity index (χ0n) is 32.6. The predicted molar refractivity (Wildman–Crippen MR) is 213 cm³/mol. The molecule has 2 saturated heterocycles. The van der Waals surface area contributed by atoms with Gasteiger partial charge >= 0.3 is 5.97 Å². The summed E-state index contributed by atoms with van der Waals surface area (Å²) >= 11 is 7.54. The van der Waals surface area contributed by atoms with Gasteiger partial charge in [0.2, 0.25) is 21.8 Å². The SMILES string of the molecule is COc1ccc(-c2csc(C(=O)N3C[C@H]4CN5C(=O)[C@@H](CC(=O)OC(C)(C)C)CCCCC/C=C\[C@@H]6C[C@@]6(C(=O)NS(=O)(=O)C6CC6)NC(=O)[C@@H]5[C@H]4C3)n2)cc1Cl. The number of rotatable bonds is 8. The number of fused-ring (bicyclic) bond motifs is 4. The van der Waals surface area contributed by atoms with Crippen LogP contribution in [0.3, 0.4) is 0 Å². The fourth-order valence-electron chi connectivity index (χ4n) is 8.42. The van der Waals surface area contributed by atoms with E-state index < -0.39 is 68.0 Å². The maximum absolute atomic E-state index is 14.7.